The molecule has 0 aliphatic heterocycles. The van der Waals surface area contributed by atoms with Crippen LogP contribution in [0.15, 0.2) is 24.3 Å². The summed E-state index contributed by atoms with van der Waals surface area (Å²) in [6, 6.07) is 0. The van der Waals surface area contributed by atoms with Gasteiger partial charge in [-0.1, -0.05) is 142 Å². The van der Waals surface area contributed by atoms with Crippen molar-refractivity contribution < 1.29 is 19.1 Å². The Hall–Kier alpha value is -1.58. The van der Waals surface area contributed by atoms with Gasteiger partial charge in [0.15, 0.2) is 0 Å². The molecule has 0 saturated heterocycles. The van der Waals surface area contributed by atoms with Gasteiger partial charge in [-0.15, -0.1) is 0 Å². The molecule has 0 spiro atoms. The molecule has 0 aromatic rings. The first kappa shape index (κ1) is 32.4. The lowest BCUT2D eigenvalue weighted by Crippen LogP contribution is -2.03. The molecule has 198 valence electrons. The Labute approximate surface area is 210 Å². The molecule has 0 unspecified atom stereocenters. The third kappa shape index (κ3) is 26.7. The molecule has 0 bridgehead atoms. The molecule has 0 aromatic carbocycles. The standard InChI is InChI=1S/C30H54O4/c1-3-5-7-9-11-13-15-17-19-23-27-33-29(31)25-21-22-26-30(32)34-28-24-20-18-16-14-12-10-8-6-4-2/h21-22,25-26H,3-20,23-24,27-28H2,1-2H3/b25-21-,26-22-. The van der Waals surface area contributed by atoms with Crippen molar-refractivity contribution in [3.05, 3.63) is 24.3 Å². The second-order valence-corrected chi connectivity index (χ2v) is 9.42. The molecule has 0 saturated carbocycles. The Balaban J connectivity index is 3.46. The fourth-order valence-corrected chi connectivity index (χ4v) is 3.89. The van der Waals surface area contributed by atoms with E-state index in [4.69, 9.17) is 9.47 Å². The summed E-state index contributed by atoms with van der Waals surface area (Å²) in [6.45, 7) is 5.42. The van der Waals surface area contributed by atoms with E-state index in [0.717, 1.165) is 25.7 Å². The van der Waals surface area contributed by atoms with Crippen molar-refractivity contribution in [1.29, 1.82) is 0 Å². The minimum absolute atomic E-state index is 0.362. The highest BCUT2D eigenvalue weighted by molar-refractivity contribution is 5.84. The first-order valence-corrected chi connectivity index (χ1v) is 14.4. The molecule has 0 heterocycles. The van der Waals surface area contributed by atoms with Gasteiger partial charge in [-0.05, 0) is 12.8 Å². The maximum atomic E-state index is 11.7. The van der Waals surface area contributed by atoms with Gasteiger partial charge >= 0.3 is 11.9 Å². The highest BCUT2D eigenvalue weighted by atomic mass is 16.5. The minimum atomic E-state index is -0.362. The summed E-state index contributed by atoms with van der Waals surface area (Å²) in [6.07, 6.45) is 30.9. The smallest absolute Gasteiger partial charge is 0.330 e. The number of esters is 2. The molecule has 0 aliphatic carbocycles. The first-order valence-electron chi connectivity index (χ1n) is 14.4. The second-order valence-electron chi connectivity index (χ2n) is 9.42. The van der Waals surface area contributed by atoms with Gasteiger partial charge in [-0.2, -0.15) is 0 Å². The van der Waals surface area contributed by atoms with Crippen molar-refractivity contribution in [2.24, 2.45) is 0 Å². The molecule has 0 aromatic heterocycles. The van der Waals surface area contributed by atoms with Crippen molar-refractivity contribution in [1.82, 2.24) is 0 Å². The lowest BCUT2D eigenvalue weighted by Gasteiger charge is -2.03. The van der Waals surface area contributed by atoms with Gasteiger partial charge in [0.1, 0.15) is 0 Å². The van der Waals surface area contributed by atoms with Crippen LogP contribution in [0.25, 0.3) is 0 Å². The number of hydrogen-bond donors (Lipinski definition) is 0. The first-order chi connectivity index (χ1) is 16.7. The van der Waals surface area contributed by atoms with Crippen LogP contribution in [0.3, 0.4) is 0 Å². The van der Waals surface area contributed by atoms with Crippen LogP contribution in [-0.2, 0) is 19.1 Å². The number of carbonyl (C=O) groups is 2. The molecule has 0 aliphatic rings. The third-order valence-electron chi connectivity index (χ3n) is 6.06. The van der Waals surface area contributed by atoms with E-state index in [9.17, 15) is 9.59 Å². The minimum Gasteiger partial charge on any atom is -0.463 e. The number of ether oxygens (including phenoxy) is 2. The molecule has 0 fully saturated rings. The Kier molecular flexibility index (Phi) is 26.4. The quantitative estimate of drug-likeness (QED) is 0.0568. The van der Waals surface area contributed by atoms with Crippen LogP contribution in [0.4, 0.5) is 0 Å². The zero-order valence-electron chi connectivity index (χ0n) is 22.5. The predicted molar refractivity (Wildman–Crippen MR) is 144 cm³/mol. The summed E-state index contributed by atoms with van der Waals surface area (Å²) < 4.78 is 10.4. The van der Waals surface area contributed by atoms with Crippen molar-refractivity contribution >= 4 is 11.9 Å². The number of unbranched alkanes of at least 4 members (excludes halogenated alkanes) is 18. The van der Waals surface area contributed by atoms with Gasteiger partial charge in [0.2, 0.25) is 0 Å². The highest BCUT2D eigenvalue weighted by Gasteiger charge is 1.99. The maximum absolute atomic E-state index is 11.7. The van der Waals surface area contributed by atoms with E-state index >= 15 is 0 Å². The van der Waals surface area contributed by atoms with E-state index in [-0.39, 0.29) is 11.9 Å². The molecule has 34 heavy (non-hydrogen) atoms. The van der Waals surface area contributed by atoms with Crippen molar-refractivity contribution in [2.75, 3.05) is 13.2 Å². The molecule has 0 N–H and O–H groups in total. The largest absolute Gasteiger partial charge is 0.463 e. The lowest BCUT2D eigenvalue weighted by molar-refractivity contribution is -0.138. The van der Waals surface area contributed by atoms with E-state index < -0.39 is 0 Å². The Morgan fingerprint density at radius 1 is 0.441 bits per heavy atom. The van der Waals surface area contributed by atoms with E-state index in [2.05, 4.69) is 13.8 Å². The summed E-state index contributed by atoms with van der Waals surface area (Å²) in [4.78, 5) is 23.3. The monoisotopic (exact) mass is 478 g/mol. The molecule has 0 amide bonds. The fourth-order valence-electron chi connectivity index (χ4n) is 3.89. The van der Waals surface area contributed by atoms with Crippen LogP contribution in [0.5, 0.6) is 0 Å². The zero-order chi connectivity index (χ0) is 25.0. The van der Waals surface area contributed by atoms with Gasteiger partial charge in [0.05, 0.1) is 13.2 Å². The molecule has 4 nitrogen and oxygen atoms in total. The lowest BCUT2D eigenvalue weighted by atomic mass is 10.1. The molecule has 0 rings (SSSR count). The van der Waals surface area contributed by atoms with Gasteiger partial charge in [0.25, 0.3) is 0 Å². The van der Waals surface area contributed by atoms with Crippen LogP contribution in [0.1, 0.15) is 142 Å². The van der Waals surface area contributed by atoms with Crippen molar-refractivity contribution in [3.8, 4) is 0 Å². The number of carbonyl (C=O) groups excluding carboxylic acids is 2. The molecule has 0 atom stereocenters. The van der Waals surface area contributed by atoms with Crippen molar-refractivity contribution in [3.63, 3.8) is 0 Å². The van der Waals surface area contributed by atoms with Crippen LogP contribution < -0.4 is 0 Å². The van der Waals surface area contributed by atoms with Gasteiger partial charge in [-0.25, -0.2) is 9.59 Å². The van der Waals surface area contributed by atoms with Gasteiger partial charge < -0.3 is 9.47 Å². The molecular formula is C30H54O4. The Morgan fingerprint density at radius 3 is 1.00 bits per heavy atom. The summed E-state index contributed by atoms with van der Waals surface area (Å²) >= 11 is 0. The van der Waals surface area contributed by atoms with E-state index in [1.54, 1.807) is 0 Å². The van der Waals surface area contributed by atoms with Crippen LogP contribution in [0, 0.1) is 0 Å². The van der Waals surface area contributed by atoms with E-state index in [1.165, 1.54) is 127 Å². The van der Waals surface area contributed by atoms with Crippen molar-refractivity contribution in [2.45, 2.75) is 142 Å². The van der Waals surface area contributed by atoms with E-state index in [1.807, 2.05) is 0 Å². The average Bonchev–Trinajstić information content (AvgIpc) is 2.83. The van der Waals surface area contributed by atoms with Crippen LogP contribution in [0.2, 0.25) is 0 Å². The zero-order valence-corrected chi connectivity index (χ0v) is 22.5. The maximum Gasteiger partial charge on any atom is 0.330 e. The summed E-state index contributed by atoms with van der Waals surface area (Å²) in [5.74, 6) is -0.724. The summed E-state index contributed by atoms with van der Waals surface area (Å²) in [5.41, 5.74) is 0. The second kappa shape index (κ2) is 27.7. The molecular weight excluding hydrogens is 424 g/mol. The topological polar surface area (TPSA) is 52.6 Å². The third-order valence-corrected chi connectivity index (χ3v) is 6.06. The highest BCUT2D eigenvalue weighted by Crippen LogP contribution is 2.11. The van der Waals surface area contributed by atoms with Gasteiger partial charge in [0, 0.05) is 12.2 Å². The van der Waals surface area contributed by atoms with E-state index in [0.29, 0.717) is 13.2 Å². The summed E-state index contributed by atoms with van der Waals surface area (Å²) in [7, 11) is 0. The Bertz CT molecular complexity index is 464. The Morgan fingerprint density at radius 2 is 0.706 bits per heavy atom. The predicted octanol–water partition coefficient (Wildman–Crippen LogP) is 9.03. The SMILES string of the molecule is CCCCCCCCCCCCOC(=O)/C=C\C=C/C(=O)OCCCCCCCCCCCC. The average molecular weight is 479 g/mol. The summed E-state index contributed by atoms with van der Waals surface area (Å²) in [5, 5.41) is 0. The molecule has 4 heteroatoms. The number of hydrogen-bond acceptors (Lipinski definition) is 4. The van der Waals surface area contributed by atoms with Crippen LogP contribution in [-0.4, -0.2) is 25.2 Å². The normalized spacial score (nSPS) is 11.5. The fraction of sp³-hybridized carbons (Fsp3) is 0.800. The van der Waals surface area contributed by atoms with Gasteiger partial charge in [-0.3, -0.25) is 0 Å². The number of allylic oxidation sites excluding steroid dienone is 2. The molecule has 0 radical (unpaired) electrons. The van der Waals surface area contributed by atoms with Crippen LogP contribution >= 0.6 is 0 Å². The number of rotatable bonds is 25.